The Hall–Kier alpha value is -1.79. The molecule has 0 aliphatic carbocycles. The Morgan fingerprint density at radius 3 is 2.27 bits per heavy atom. The highest BCUT2D eigenvalue weighted by Crippen LogP contribution is 2.29. The molecule has 0 radical (unpaired) electrons. The van der Waals surface area contributed by atoms with Crippen LogP contribution in [0, 0.1) is 6.92 Å². The molecule has 0 N–H and O–H groups in total. The van der Waals surface area contributed by atoms with Gasteiger partial charge in [0.1, 0.15) is 6.04 Å². The maximum absolute atomic E-state index is 12.7. The van der Waals surface area contributed by atoms with Gasteiger partial charge in [-0.3, -0.25) is 9.59 Å². The van der Waals surface area contributed by atoms with Crippen LogP contribution >= 0.6 is 0 Å². The Kier molecular flexibility index (Phi) is 4.63. The number of hydrogen-bond acceptors (Lipinski definition) is 2. The van der Waals surface area contributed by atoms with E-state index in [0.29, 0.717) is 19.2 Å². The quantitative estimate of drug-likeness (QED) is 0.842. The minimum absolute atomic E-state index is 0.137. The lowest BCUT2D eigenvalue weighted by molar-refractivity contribution is -0.137. The Bertz CT molecular complexity index is 616. The topological polar surface area (TPSA) is 42.3 Å². The summed E-state index contributed by atoms with van der Waals surface area (Å²) in [4.78, 5) is 26.1. The van der Waals surface area contributed by atoms with E-state index in [0.717, 1.165) is 29.9 Å². The first-order valence-electron chi connectivity index (χ1n) is 7.31. The summed E-state index contributed by atoms with van der Waals surface area (Å²) in [5.74, 6) is -0.218. The molecule has 0 unspecified atom stereocenters. The van der Waals surface area contributed by atoms with Crippen molar-refractivity contribution in [1.82, 2.24) is 9.47 Å². The van der Waals surface area contributed by atoms with Crippen LogP contribution < -0.4 is 5.56 Å². The van der Waals surface area contributed by atoms with Gasteiger partial charge in [0.05, 0.1) is 5.56 Å². The van der Waals surface area contributed by atoms with Gasteiger partial charge in [0.2, 0.25) is 5.91 Å². The lowest BCUT2D eigenvalue weighted by Gasteiger charge is -2.30. The van der Waals surface area contributed by atoms with Crippen molar-refractivity contribution in [2.45, 2.75) is 45.3 Å². The van der Waals surface area contributed by atoms with Crippen LogP contribution in [-0.2, 0) is 11.0 Å². The molecular weight excluding hydrogens is 297 g/mol. The number of carbonyl (C=O) groups is 1. The van der Waals surface area contributed by atoms with E-state index < -0.39 is 23.3 Å². The molecule has 1 atom stereocenters. The lowest BCUT2D eigenvalue weighted by atomic mass is 10.1. The highest BCUT2D eigenvalue weighted by atomic mass is 19.4. The van der Waals surface area contributed by atoms with Gasteiger partial charge < -0.3 is 9.47 Å². The second kappa shape index (κ2) is 6.14. The number of likely N-dealkylation sites (tertiary alicyclic amines) is 1. The maximum atomic E-state index is 12.7. The fourth-order valence-electron chi connectivity index (χ4n) is 2.86. The molecule has 0 saturated carbocycles. The highest BCUT2D eigenvalue weighted by Gasteiger charge is 2.33. The van der Waals surface area contributed by atoms with Crippen molar-refractivity contribution < 1.29 is 18.0 Å². The molecule has 7 heteroatoms. The van der Waals surface area contributed by atoms with Crippen LogP contribution in [0.1, 0.15) is 43.5 Å². The summed E-state index contributed by atoms with van der Waals surface area (Å²) >= 11 is 0. The average Bonchev–Trinajstić information content (AvgIpc) is 2.45. The maximum Gasteiger partial charge on any atom is 0.416 e. The van der Waals surface area contributed by atoms with Crippen LogP contribution in [0.2, 0.25) is 0 Å². The van der Waals surface area contributed by atoms with Crippen LogP contribution in [0.3, 0.4) is 0 Å². The predicted molar refractivity (Wildman–Crippen MR) is 75.6 cm³/mol. The Labute approximate surface area is 126 Å². The van der Waals surface area contributed by atoms with Crippen molar-refractivity contribution in [3.8, 4) is 0 Å². The number of aryl methyl sites for hydroxylation is 1. The number of halogens is 3. The van der Waals surface area contributed by atoms with Gasteiger partial charge in [-0.1, -0.05) is 0 Å². The van der Waals surface area contributed by atoms with Crippen LogP contribution in [0.5, 0.6) is 0 Å². The smallest absolute Gasteiger partial charge is 0.341 e. The second-order valence-corrected chi connectivity index (χ2v) is 5.65. The third kappa shape index (κ3) is 3.34. The number of hydrogen-bond donors (Lipinski definition) is 0. The van der Waals surface area contributed by atoms with Crippen molar-refractivity contribution in [3.63, 3.8) is 0 Å². The first-order valence-corrected chi connectivity index (χ1v) is 7.31. The monoisotopic (exact) mass is 316 g/mol. The number of rotatable bonds is 2. The van der Waals surface area contributed by atoms with Crippen molar-refractivity contribution in [3.05, 3.63) is 33.7 Å². The van der Waals surface area contributed by atoms with Gasteiger partial charge in [0.25, 0.3) is 5.56 Å². The van der Waals surface area contributed by atoms with Crippen molar-refractivity contribution in [2.75, 3.05) is 13.1 Å². The Morgan fingerprint density at radius 2 is 1.77 bits per heavy atom. The van der Waals surface area contributed by atoms with E-state index in [1.165, 1.54) is 6.92 Å². The van der Waals surface area contributed by atoms with Crippen LogP contribution in [0.15, 0.2) is 16.9 Å². The van der Waals surface area contributed by atoms with Crippen LogP contribution in [-0.4, -0.2) is 28.5 Å². The number of nitrogens with zero attached hydrogens (tertiary/aromatic N) is 2. The minimum Gasteiger partial charge on any atom is -0.341 e. The molecular formula is C15H19F3N2O2. The number of aromatic nitrogens is 1. The van der Waals surface area contributed by atoms with E-state index >= 15 is 0 Å². The summed E-state index contributed by atoms with van der Waals surface area (Å²) < 4.78 is 39.3. The third-order valence-corrected chi connectivity index (χ3v) is 4.00. The SMILES string of the molecule is Cc1cc(C(F)(F)F)cc(=O)n1[C@@H](C)C(=O)N1CCCCC1. The normalized spacial score (nSPS) is 17.4. The molecule has 0 bridgehead atoms. The van der Waals surface area contributed by atoms with Gasteiger partial charge in [0.15, 0.2) is 0 Å². The van der Waals surface area contributed by atoms with Crippen molar-refractivity contribution in [1.29, 1.82) is 0 Å². The van der Waals surface area contributed by atoms with Gasteiger partial charge in [-0.25, -0.2) is 0 Å². The molecule has 2 heterocycles. The molecule has 1 saturated heterocycles. The zero-order valence-electron chi connectivity index (χ0n) is 12.6. The molecule has 2 rings (SSSR count). The van der Waals surface area contributed by atoms with E-state index in [-0.39, 0.29) is 11.6 Å². The molecule has 0 spiro atoms. The number of amides is 1. The Balaban J connectivity index is 2.32. The van der Waals surface area contributed by atoms with Gasteiger partial charge in [-0.15, -0.1) is 0 Å². The first-order chi connectivity index (χ1) is 10.2. The van der Waals surface area contributed by atoms with E-state index in [9.17, 15) is 22.8 Å². The lowest BCUT2D eigenvalue weighted by Crippen LogP contribution is -2.42. The number of alkyl halides is 3. The van der Waals surface area contributed by atoms with E-state index in [1.807, 2.05) is 0 Å². The van der Waals surface area contributed by atoms with E-state index in [2.05, 4.69) is 0 Å². The molecule has 0 aromatic carbocycles. The zero-order valence-corrected chi connectivity index (χ0v) is 12.6. The van der Waals surface area contributed by atoms with Gasteiger partial charge >= 0.3 is 6.18 Å². The molecule has 1 aliphatic rings. The summed E-state index contributed by atoms with van der Waals surface area (Å²) in [5.41, 5.74) is -1.65. The summed E-state index contributed by atoms with van der Waals surface area (Å²) in [6.07, 6.45) is -1.67. The molecule has 22 heavy (non-hydrogen) atoms. The molecule has 122 valence electrons. The fourth-order valence-corrected chi connectivity index (χ4v) is 2.86. The number of piperidine rings is 1. The Morgan fingerprint density at radius 1 is 1.18 bits per heavy atom. The van der Waals surface area contributed by atoms with Gasteiger partial charge in [0, 0.05) is 24.8 Å². The van der Waals surface area contributed by atoms with Crippen LogP contribution in [0.25, 0.3) is 0 Å². The standard InChI is InChI=1S/C15H19F3N2O2/c1-10-8-12(15(16,17)18)9-13(21)20(10)11(2)14(22)19-6-4-3-5-7-19/h8-9,11H,3-7H2,1-2H3/t11-/m0/s1. The third-order valence-electron chi connectivity index (χ3n) is 4.00. The highest BCUT2D eigenvalue weighted by molar-refractivity contribution is 5.80. The first kappa shape index (κ1) is 16.6. The van der Waals surface area contributed by atoms with Gasteiger partial charge in [-0.05, 0) is 39.2 Å². The molecule has 1 fully saturated rings. The largest absolute Gasteiger partial charge is 0.416 e. The van der Waals surface area contributed by atoms with Crippen molar-refractivity contribution >= 4 is 5.91 Å². The summed E-state index contributed by atoms with van der Waals surface area (Å²) in [6, 6.07) is 0.654. The second-order valence-electron chi connectivity index (χ2n) is 5.65. The van der Waals surface area contributed by atoms with Crippen LogP contribution in [0.4, 0.5) is 13.2 Å². The van der Waals surface area contributed by atoms with Gasteiger partial charge in [-0.2, -0.15) is 13.2 Å². The molecule has 1 amide bonds. The number of carbonyl (C=O) groups excluding carboxylic acids is 1. The van der Waals surface area contributed by atoms with Crippen molar-refractivity contribution in [2.24, 2.45) is 0 Å². The van der Waals surface area contributed by atoms with E-state index in [1.54, 1.807) is 11.8 Å². The molecule has 1 aromatic rings. The van der Waals surface area contributed by atoms with E-state index in [4.69, 9.17) is 0 Å². The predicted octanol–water partition coefficient (Wildman–Crippen LogP) is 2.75. The minimum atomic E-state index is -4.57. The average molecular weight is 316 g/mol. The summed E-state index contributed by atoms with van der Waals surface area (Å²) in [5, 5.41) is 0. The number of pyridine rings is 1. The molecule has 1 aliphatic heterocycles. The summed E-state index contributed by atoms with van der Waals surface area (Å²) in [6.45, 7) is 4.24. The summed E-state index contributed by atoms with van der Waals surface area (Å²) in [7, 11) is 0. The zero-order chi connectivity index (χ0) is 16.5. The molecule has 4 nitrogen and oxygen atoms in total. The fraction of sp³-hybridized carbons (Fsp3) is 0.600. The molecule has 1 aromatic heterocycles.